The van der Waals surface area contributed by atoms with Crippen molar-refractivity contribution in [3.63, 3.8) is 0 Å². The van der Waals surface area contributed by atoms with Crippen LogP contribution in [0.5, 0.6) is 0 Å². The average Bonchev–Trinajstić information content (AvgIpc) is 2.36. The monoisotopic (exact) mass is 264 g/mol. The zero-order valence-electron chi connectivity index (χ0n) is 12.4. The first-order valence-electron chi connectivity index (χ1n) is 7.23. The third-order valence-corrected chi connectivity index (χ3v) is 4.10. The molecule has 106 valence electrons. The molecule has 1 aliphatic rings. The molecule has 3 atom stereocenters. The van der Waals surface area contributed by atoms with Gasteiger partial charge in [0.15, 0.2) is 0 Å². The quantitative estimate of drug-likeness (QED) is 0.897. The van der Waals surface area contributed by atoms with E-state index in [-0.39, 0.29) is 11.9 Å². The Labute approximate surface area is 116 Å². The van der Waals surface area contributed by atoms with E-state index in [1.54, 1.807) is 12.1 Å². The summed E-state index contributed by atoms with van der Waals surface area (Å²) in [5.74, 6) is 1.25. The minimum atomic E-state index is -0.154. The van der Waals surface area contributed by atoms with Crippen molar-refractivity contribution >= 4 is 5.69 Å². The number of benzene rings is 1. The number of hydrogen-bond donors (Lipinski definition) is 1. The fraction of sp³-hybridized carbons (Fsp3) is 0.625. The molecule has 1 aromatic carbocycles. The van der Waals surface area contributed by atoms with Gasteiger partial charge in [-0.3, -0.25) is 0 Å². The molecule has 0 aromatic heterocycles. The Bertz CT molecular complexity index is 423. The van der Waals surface area contributed by atoms with E-state index in [9.17, 15) is 4.39 Å². The highest BCUT2D eigenvalue weighted by molar-refractivity contribution is 5.55. The van der Waals surface area contributed by atoms with E-state index in [1.165, 1.54) is 12.1 Å². The summed E-state index contributed by atoms with van der Waals surface area (Å²) in [6, 6.07) is 5.34. The molecule has 0 radical (unpaired) electrons. The fourth-order valence-corrected chi connectivity index (χ4v) is 3.18. The van der Waals surface area contributed by atoms with Gasteiger partial charge in [-0.2, -0.15) is 0 Å². The van der Waals surface area contributed by atoms with Gasteiger partial charge in [-0.1, -0.05) is 13.8 Å². The van der Waals surface area contributed by atoms with E-state index in [2.05, 4.69) is 31.0 Å². The van der Waals surface area contributed by atoms with Crippen molar-refractivity contribution in [2.45, 2.75) is 33.2 Å². The minimum absolute atomic E-state index is 0.154. The number of anilines is 1. The Balaban J connectivity index is 2.32. The van der Waals surface area contributed by atoms with Gasteiger partial charge in [-0.25, -0.2) is 4.39 Å². The van der Waals surface area contributed by atoms with Crippen LogP contribution in [0.4, 0.5) is 10.1 Å². The molecule has 0 aliphatic carbocycles. The topological polar surface area (TPSA) is 15.3 Å². The van der Waals surface area contributed by atoms with Crippen LogP contribution in [-0.2, 0) is 0 Å². The lowest BCUT2D eigenvalue weighted by molar-refractivity contribution is 0.356. The highest BCUT2D eigenvalue weighted by Gasteiger charge is 2.24. The summed E-state index contributed by atoms with van der Waals surface area (Å²) in [4.78, 5) is 2.42. The molecule has 1 fully saturated rings. The second-order valence-corrected chi connectivity index (χ2v) is 6.06. The molecule has 0 bridgehead atoms. The van der Waals surface area contributed by atoms with Gasteiger partial charge in [-0.15, -0.1) is 0 Å². The average molecular weight is 264 g/mol. The third kappa shape index (κ3) is 3.27. The predicted molar refractivity (Wildman–Crippen MR) is 79.0 cm³/mol. The van der Waals surface area contributed by atoms with Crippen molar-refractivity contribution in [2.24, 2.45) is 11.8 Å². The van der Waals surface area contributed by atoms with Crippen LogP contribution in [0.3, 0.4) is 0 Å². The molecule has 2 rings (SSSR count). The lowest BCUT2D eigenvalue weighted by Crippen LogP contribution is -2.39. The molecular weight excluding hydrogens is 239 g/mol. The van der Waals surface area contributed by atoms with Gasteiger partial charge in [0.2, 0.25) is 0 Å². The molecule has 3 heteroatoms. The minimum Gasteiger partial charge on any atom is -0.371 e. The molecule has 0 amide bonds. The number of piperidine rings is 1. The Morgan fingerprint density at radius 3 is 2.47 bits per heavy atom. The van der Waals surface area contributed by atoms with E-state index in [0.29, 0.717) is 11.8 Å². The number of hydrogen-bond acceptors (Lipinski definition) is 2. The van der Waals surface area contributed by atoms with Crippen molar-refractivity contribution in [3.05, 3.63) is 29.6 Å². The molecule has 2 nitrogen and oxygen atoms in total. The molecule has 0 spiro atoms. The van der Waals surface area contributed by atoms with Crippen LogP contribution in [-0.4, -0.2) is 20.1 Å². The number of nitrogens with zero attached hydrogens (tertiary/aromatic N) is 1. The van der Waals surface area contributed by atoms with Gasteiger partial charge in [0.05, 0.1) is 0 Å². The first kappa shape index (κ1) is 14.3. The highest BCUT2D eigenvalue weighted by atomic mass is 19.1. The predicted octanol–water partition coefficient (Wildman–Crippen LogP) is 3.59. The van der Waals surface area contributed by atoms with E-state index in [4.69, 9.17) is 0 Å². The molecule has 19 heavy (non-hydrogen) atoms. The normalized spacial score (nSPS) is 25.4. The summed E-state index contributed by atoms with van der Waals surface area (Å²) in [6.45, 7) is 8.81. The van der Waals surface area contributed by atoms with Gasteiger partial charge < -0.3 is 10.2 Å². The van der Waals surface area contributed by atoms with E-state index in [0.717, 1.165) is 18.7 Å². The van der Waals surface area contributed by atoms with Crippen LogP contribution < -0.4 is 10.2 Å². The standard InChI is InChI=1S/C16H25FN2/c1-11-7-12(2)10-19(9-11)16-6-5-14(17)8-15(16)13(3)18-4/h5-6,8,11-13,18H,7,9-10H2,1-4H3. The zero-order valence-corrected chi connectivity index (χ0v) is 12.4. The summed E-state index contributed by atoms with van der Waals surface area (Å²) in [5.41, 5.74) is 2.24. The lowest BCUT2D eigenvalue weighted by Gasteiger charge is -2.38. The van der Waals surface area contributed by atoms with Crippen LogP contribution >= 0.6 is 0 Å². The summed E-state index contributed by atoms with van der Waals surface area (Å²) < 4.78 is 13.5. The number of halogens is 1. The molecule has 3 unspecified atom stereocenters. The second kappa shape index (κ2) is 5.91. The lowest BCUT2D eigenvalue weighted by atomic mass is 9.90. The van der Waals surface area contributed by atoms with Crippen molar-refractivity contribution in [1.29, 1.82) is 0 Å². The van der Waals surface area contributed by atoms with Gasteiger partial charge >= 0.3 is 0 Å². The van der Waals surface area contributed by atoms with Gasteiger partial charge in [0.1, 0.15) is 5.82 Å². The highest BCUT2D eigenvalue weighted by Crippen LogP contribution is 2.32. The van der Waals surface area contributed by atoms with Crippen molar-refractivity contribution in [3.8, 4) is 0 Å². The van der Waals surface area contributed by atoms with Crippen LogP contribution in [0.2, 0.25) is 0 Å². The van der Waals surface area contributed by atoms with Crippen molar-refractivity contribution < 1.29 is 4.39 Å². The van der Waals surface area contributed by atoms with Crippen molar-refractivity contribution in [1.82, 2.24) is 5.32 Å². The van der Waals surface area contributed by atoms with Crippen LogP contribution in [0.1, 0.15) is 38.8 Å². The Morgan fingerprint density at radius 2 is 1.89 bits per heavy atom. The Kier molecular flexibility index (Phi) is 4.46. The second-order valence-electron chi connectivity index (χ2n) is 6.06. The van der Waals surface area contributed by atoms with E-state index < -0.39 is 0 Å². The van der Waals surface area contributed by atoms with Crippen LogP contribution in [0.15, 0.2) is 18.2 Å². The van der Waals surface area contributed by atoms with Crippen LogP contribution in [0.25, 0.3) is 0 Å². The largest absolute Gasteiger partial charge is 0.371 e. The van der Waals surface area contributed by atoms with E-state index in [1.807, 2.05) is 13.1 Å². The molecule has 1 aromatic rings. The molecule has 1 aliphatic heterocycles. The fourth-order valence-electron chi connectivity index (χ4n) is 3.18. The molecule has 1 N–H and O–H groups in total. The Morgan fingerprint density at radius 1 is 1.26 bits per heavy atom. The molecule has 1 heterocycles. The number of rotatable bonds is 3. The maximum atomic E-state index is 13.5. The smallest absolute Gasteiger partial charge is 0.123 e. The summed E-state index contributed by atoms with van der Waals surface area (Å²) in [6.07, 6.45) is 1.29. The third-order valence-electron chi connectivity index (χ3n) is 4.10. The summed E-state index contributed by atoms with van der Waals surface area (Å²) in [5, 5.41) is 3.22. The zero-order chi connectivity index (χ0) is 14.0. The first-order valence-corrected chi connectivity index (χ1v) is 7.23. The Hall–Kier alpha value is -1.09. The summed E-state index contributed by atoms with van der Waals surface area (Å²) in [7, 11) is 1.92. The maximum absolute atomic E-state index is 13.5. The molecule has 0 saturated carbocycles. The van der Waals surface area contributed by atoms with Crippen LogP contribution in [0, 0.1) is 17.7 Å². The first-order chi connectivity index (χ1) is 9.01. The number of nitrogens with one attached hydrogen (secondary N) is 1. The van der Waals surface area contributed by atoms with E-state index >= 15 is 0 Å². The van der Waals surface area contributed by atoms with Gasteiger partial charge in [-0.05, 0) is 56.0 Å². The maximum Gasteiger partial charge on any atom is 0.123 e. The SMILES string of the molecule is CNC(C)c1cc(F)ccc1N1CC(C)CC(C)C1. The van der Waals surface area contributed by atoms with Gasteiger partial charge in [0.25, 0.3) is 0 Å². The summed E-state index contributed by atoms with van der Waals surface area (Å²) >= 11 is 0. The molecule has 1 saturated heterocycles. The van der Waals surface area contributed by atoms with Gasteiger partial charge in [0, 0.05) is 24.8 Å². The van der Waals surface area contributed by atoms with Crippen molar-refractivity contribution in [2.75, 3.05) is 25.0 Å². The molecular formula is C16H25FN2.